The van der Waals surface area contributed by atoms with Crippen LogP contribution in [0.25, 0.3) is 0 Å². The molecule has 3 nitrogen and oxygen atoms in total. The Morgan fingerprint density at radius 2 is 1.11 bits per heavy atom. The van der Waals surface area contributed by atoms with E-state index in [9.17, 15) is 0 Å². The topological polar surface area (TPSA) is 34.0 Å². The van der Waals surface area contributed by atoms with Crippen LogP contribution in [0.2, 0.25) is 0 Å². The number of halogens is 1. The first kappa shape index (κ1) is 21.4. The van der Waals surface area contributed by atoms with E-state index < -0.39 is 0 Å². The molecular weight excluding hydrogens is 356 g/mol. The summed E-state index contributed by atoms with van der Waals surface area (Å²) in [5, 5.41) is 8.46. The first-order valence-corrected chi connectivity index (χ1v) is 10.7. The Balaban J connectivity index is 1.52. The lowest BCUT2D eigenvalue weighted by molar-refractivity contribution is 0.304. The molecule has 0 heterocycles. The van der Waals surface area contributed by atoms with E-state index >= 15 is 0 Å². The zero-order valence-corrected chi connectivity index (χ0v) is 16.9. The Bertz CT molecular complexity index is 629. The summed E-state index contributed by atoms with van der Waals surface area (Å²) in [4.78, 5) is 0. The maximum absolute atomic E-state index is 5.81. The van der Waals surface area contributed by atoms with Gasteiger partial charge in [0.05, 0.1) is 18.0 Å². The Kier molecular flexibility index (Phi) is 11.3. The van der Waals surface area contributed by atoms with E-state index in [1.165, 1.54) is 44.9 Å². The smallest absolute Gasteiger partial charge is 0.119 e. The molecule has 0 aromatic heterocycles. The van der Waals surface area contributed by atoms with Gasteiger partial charge in [-0.05, 0) is 49.2 Å². The van der Waals surface area contributed by atoms with Crippen LogP contribution in [0, 0.1) is 0 Å². The van der Waals surface area contributed by atoms with Crippen molar-refractivity contribution >= 4 is 23.0 Å². The minimum absolute atomic E-state index is 0.778. The predicted octanol–water partition coefficient (Wildman–Crippen LogP) is 8.23. The average Bonchev–Trinajstić information content (AvgIpc) is 2.72. The minimum atomic E-state index is 0.778. The lowest BCUT2D eigenvalue weighted by Gasteiger charge is -2.06. The van der Waals surface area contributed by atoms with Crippen LogP contribution < -0.4 is 4.74 Å². The highest BCUT2D eigenvalue weighted by Crippen LogP contribution is 2.21. The molecule has 0 bridgehead atoms. The summed E-state index contributed by atoms with van der Waals surface area (Å²) in [5.74, 6) is 1.70. The Morgan fingerprint density at radius 3 is 1.70 bits per heavy atom. The van der Waals surface area contributed by atoms with Gasteiger partial charge in [-0.3, -0.25) is 0 Å². The van der Waals surface area contributed by atoms with Crippen LogP contribution >= 0.6 is 11.6 Å². The largest absolute Gasteiger partial charge is 0.494 e. The van der Waals surface area contributed by atoms with Gasteiger partial charge in [-0.1, -0.05) is 63.1 Å². The highest BCUT2D eigenvalue weighted by molar-refractivity contribution is 6.17. The third-order valence-corrected chi connectivity index (χ3v) is 4.69. The summed E-state index contributed by atoms with van der Waals surface area (Å²) in [5.41, 5.74) is 1.69. The van der Waals surface area contributed by atoms with Crippen LogP contribution in [0.3, 0.4) is 0 Å². The fraction of sp³-hybridized carbons (Fsp3) is 0.478. The average molecular weight is 387 g/mol. The van der Waals surface area contributed by atoms with Crippen molar-refractivity contribution in [3.8, 4) is 5.75 Å². The molecule has 0 saturated carbocycles. The molecule has 0 saturated heterocycles. The Hall–Kier alpha value is -1.87. The molecule has 0 amide bonds. The van der Waals surface area contributed by atoms with E-state index in [-0.39, 0.29) is 0 Å². The molecule has 0 aliphatic carbocycles. The summed E-state index contributed by atoms with van der Waals surface area (Å²) in [7, 11) is 0. The monoisotopic (exact) mass is 386 g/mol. The molecule has 0 aliphatic rings. The fourth-order valence-corrected chi connectivity index (χ4v) is 3.03. The van der Waals surface area contributed by atoms with Gasteiger partial charge in [0.25, 0.3) is 0 Å². The third-order valence-electron chi connectivity index (χ3n) is 4.42. The highest BCUT2D eigenvalue weighted by atomic mass is 35.5. The van der Waals surface area contributed by atoms with E-state index in [1.807, 2.05) is 54.6 Å². The van der Waals surface area contributed by atoms with Gasteiger partial charge in [0.15, 0.2) is 0 Å². The van der Waals surface area contributed by atoms with Crippen molar-refractivity contribution in [2.24, 2.45) is 10.2 Å². The number of hydrogen-bond donors (Lipinski definition) is 0. The Morgan fingerprint density at radius 1 is 0.593 bits per heavy atom. The van der Waals surface area contributed by atoms with Crippen LogP contribution in [-0.2, 0) is 0 Å². The number of ether oxygens (including phenoxy) is 1. The lowest BCUT2D eigenvalue weighted by Crippen LogP contribution is -1.96. The van der Waals surface area contributed by atoms with Gasteiger partial charge in [-0.2, -0.15) is 10.2 Å². The maximum Gasteiger partial charge on any atom is 0.119 e. The number of rotatable bonds is 14. The number of azo groups is 1. The predicted molar refractivity (Wildman–Crippen MR) is 115 cm³/mol. The van der Waals surface area contributed by atoms with Gasteiger partial charge < -0.3 is 4.74 Å². The minimum Gasteiger partial charge on any atom is -0.494 e. The number of hydrogen-bond acceptors (Lipinski definition) is 3. The van der Waals surface area contributed by atoms with E-state index in [0.29, 0.717) is 0 Å². The molecule has 4 heteroatoms. The van der Waals surface area contributed by atoms with Gasteiger partial charge >= 0.3 is 0 Å². The van der Waals surface area contributed by atoms with Gasteiger partial charge in [-0.15, -0.1) is 11.6 Å². The maximum atomic E-state index is 5.81. The molecule has 0 spiro atoms. The lowest BCUT2D eigenvalue weighted by atomic mass is 10.1. The fourth-order valence-electron chi connectivity index (χ4n) is 2.84. The van der Waals surface area contributed by atoms with Crippen LogP contribution in [-0.4, -0.2) is 12.5 Å². The van der Waals surface area contributed by atoms with E-state index in [1.54, 1.807) is 0 Å². The van der Waals surface area contributed by atoms with Gasteiger partial charge in [0.1, 0.15) is 5.75 Å². The second-order valence-electron chi connectivity index (χ2n) is 6.75. The second-order valence-corrected chi connectivity index (χ2v) is 7.13. The van der Waals surface area contributed by atoms with Crippen molar-refractivity contribution < 1.29 is 4.74 Å². The highest BCUT2D eigenvalue weighted by Gasteiger charge is 1.97. The molecule has 27 heavy (non-hydrogen) atoms. The molecule has 0 aliphatic heterocycles. The standard InChI is InChI=1S/C23H31ClN2O/c24-19-11-6-4-2-1-3-5-7-12-20-27-23-17-15-22(16-18-23)26-25-21-13-9-8-10-14-21/h8-10,13-18H,1-7,11-12,19-20H2. The van der Waals surface area contributed by atoms with Gasteiger partial charge in [-0.25, -0.2) is 0 Å². The zero-order valence-electron chi connectivity index (χ0n) is 16.2. The van der Waals surface area contributed by atoms with Crippen LogP contribution in [0.15, 0.2) is 64.8 Å². The molecule has 2 rings (SSSR count). The number of unbranched alkanes of at least 4 members (excludes halogenated alkanes) is 8. The molecule has 2 aromatic carbocycles. The van der Waals surface area contributed by atoms with Crippen molar-refractivity contribution in [3.05, 3.63) is 54.6 Å². The number of nitrogens with zero attached hydrogens (tertiary/aromatic N) is 2. The van der Waals surface area contributed by atoms with Crippen LogP contribution in [0.5, 0.6) is 5.75 Å². The quantitative estimate of drug-likeness (QED) is 0.183. The Labute approximate surface area is 168 Å². The second kappa shape index (κ2) is 14.2. The first-order chi connectivity index (χ1) is 13.4. The summed E-state index contributed by atoms with van der Waals surface area (Å²) in [6.45, 7) is 0.778. The molecule has 0 fully saturated rings. The normalized spacial score (nSPS) is 11.1. The van der Waals surface area contributed by atoms with E-state index in [0.717, 1.165) is 42.5 Å². The zero-order chi connectivity index (χ0) is 19.0. The summed E-state index contributed by atoms with van der Waals surface area (Å²) in [6.07, 6.45) is 11.5. The van der Waals surface area contributed by atoms with Crippen molar-refractivity contribution in [2.75, 3.05) is 12.5 Å². The first-order valence-electron chi connectivity index (χ1n) is 10.1. The van der Waals surface area contributed by atoms with Crippen LogP contribution in [0.1, 0.15) is 57.8 Å². The molecule has 2 aromatic rings. The van der Waals surface area contributed by atoms with Crippen LogP contribution in [0.4, 0.5) is 11.4 Å². The summed E-state index contributed by atoms with van der Waals surface area (Å²) in [6, 6.07) is 17.5. The third kappa shape index (κ3) is 10.1. The van der Waals surface area contributed by atoms with Gasteiger partial charge in [0.2, 0.25) is 0 Å². The van der Waals surface area contributed by atoms with Gasteiger partial charge in [0, 0.05) is 5.88 Å². The molecular formula is C23H31ClN2O. The van der Waals surface area contributed by atoms with Crippen molar-refractivity contribution in [1.82, 2.24) is 0 Å². The molecule has 0 atom stereocenters. The molecule has 0 unspecified atom stereocenters. The van der Waals surface area contributed by atoms with Crippen molar-refractivity contribution in [3.63, 3.8) is 0 Å². The molecule has 146 valence electrons. The molecule has 0 N–H and O–H groups in total. The SMILES string of the molecule is ClCCCCCCCCCCCOc1ccc(N=Nc2ccccc2)cc1. The van der Waals surface area contributed by atoms with Crippen molar-refractivity contribution in [2.45, 2.75) is 57.8 Å². The van der Waals surface area contributed by atoms with E-state index in [2.05, 4.69) is 10.2 Å². The summed E-state index contributed by atoms with van der Waals surface area (Å²) < 4.78 is 5.81. The van der Waals surface area contributed by atoms with Crippen molar-refractivity contribution in [1.29, 1.82) is 0 Å². The molecule has 0 radical (unpaired) electrons. The number of alkyl halides is 1. The van der Waals surface area contributed by atoms with E-state index in [4.69, 9.17) is 16.3 Å². The number of benzene rings is 2. The summed E-state index contributed by atoms with van der Waals surface area (Å²) >= 11 is 5.68.